The summed E-state index contributed by atoms with van der Waals surface area (Å²) in [5.41, 5.74) is 2.09. The van der Waals surface area contributed by atoms with Crippen molar-refractivity contribution in [3.63, 3.8) is 0 Å². The number of nitro groups is 1. The van der Waals surface area contributed by atoms with Crippen LogP contribution < -0.4 is 5.32 Å². The number of hydrogen-bond donors (Lipinski definition) is 2. The molecule has 0 unspecified atom stereocenters. The molecular formula is C12H13N5O4. The van der Waals surface area contributed by atoms with E-state index in [2.05, 4.69) is 15.6 Å². The minimum Gasteiger partial charge on any atom is -0.480 e. The quantitative estimate of drug-likeness (QED) is 0.605. The van der Waals surface area contributed by atoms with Crippen LogP contribution in [0.3, 0.4) is 0 Å². The number of rotatable bonds is 6. The molecule has 1 aromatic heterocycles. The molecule has 0 radical (unpaired) electrons. The van der Waals surface area contributed by atoms with Gasteiger partial charge >= 0.3 is 5.97 Å². The van der Waals surface area contributed by atoms with E-state index < -0.39 is 10.9 Å². The Labute approximate surface area is 119 Å². The van der Waals surface area contributed by atoms with Crippen LogP contribution in [0.5, 0.6) is 0 Å². The van der Waals surface area contributed by atoms with Crippen LogP contribution in [0.25, 0.3) is 0 Å². The lowest BCUT2D eigenvalue weighted by molar-refractivity contribution is -0.384. The van der Waals surface area contributed by atoms with Gasteiger partial charge in [-0.1, -0.05) is 5.21 Å². The SMILES string of the molecule is Cc1cc([N+](=O)[O-])ccc1NCc1cn(CC(=O)O)nn1. The standard InChI is InChI=1S/C12H13N5O4/c1-8-4-10(17(20)21)2-3-11(8)13-5-9-6-16(15-14-9)7-12(18)19/h2-4,6,13H,5,7H2,1H3,(H,18,19). The molecule has 2 N–H and O–H groups in total. The van der Waals surface area contributed by atoms with Crippen molar-refractivity contribution in [2.75, 3.05) is 5.32 Å². The van der Waals surface area contributed by atoms with Gasteiger partial charge in [-0.05, 0) is 18.6 Å². The number of carboxylic acid groups (broad SMARTS) is 1. The number of aromatic nitrogens is 3. The average Bonchev–Trinajstić information content (AvgIpc) is 2.83. The van der Waals surface area contributed by atoms with Crippen molar-refractivity contribution in [2.45, 2.75) is 20.0 Å². The number of carboxylic acids is 1. The maximum atomic E-state index is 10.7. The fourth-order valence-corrected chi connectivity index (χ4v) is 1.78. The first-order valence-corrected chi connectivity index (χ1v) is 6.05. The third-order valence-corrected chi connectivity index (χ3v) is 2.76. The summed E-state index contributed by atoms with van der Waals surface area (Å²) in [6, 6.07) is 4.51. The zero-order chi connectivity index (χ0) is 15.4. The van der Waals surface area contributed by atoms with E-state index in [4.69, 9.17) is 5.11 Å². The number of aliphatic carboxylic acids is 1. The second-order valence-corrected chi connectivity index (χ2v) is 4.41. The molecule has 0 aliphatic rings. The van der Waals surface area contributed by atoms with Crippen molar-refractivity contribution in [2.24, 2.45) is 0 Å². The number of aryl methyl sites for hydroxylation is 1. The predicted octanol–water partition coefficient (Wildman–Crippen LogP) is 1.19. The van der Waals surface area contributed by atoms with Gasteiger partial charge < -0.3 is 10.4 Å². The van der Waals surface area contributed by atoms with Crippen molar-refractivity contribution in [1.29, 1.82) is 0 Å². The Balaban J connectivity index is 2.01. The van der Waals surface area contributed by atoms with Crippen LogP contribution in [0.15, 0.2) is 24.4 Å². The number of nitrogens with one attached hydrogen (secondary N) is 1. The van der Waals surface area contributed by atoms with E-state index in [0.29, 0.717) is 12.2 Å². The fraction of sp³-hybridized carbons (Fsp3) is 0.250. The topological polar surface area (TPSA) is 123 Å². The lowest BCUT2D eigenvalue weighted by atomic mass is 10.2. The van der Waals surface area contributed by atoms with Gasteiger partial charge in [0.2, 0.25) is 0 Å². The molecule has 0 saturated carbocycles. The van der Waals surface area contributed by atoms with Crippen LogP contribution in [-0.2, 0) is 17.9 Å². The van der Waals surface area contributed by atoms with Gasteiger partial charge in [0.15, 0.2) is 0 Å². The largest absolute Gasteiger partial charge is 0.480 e. The fourth-order valence-electron chi connectivity index (χ4n) is 1.78. The summed E-state index contributed by atoms with van der Waals surface area (Å²) in [6.45, 7) is 1.86. The molecule has 0 bridgehead atoms. The Morgan fingerprint density at radius 2 is 2.29 bits per heavy atom. The molecule has 9 nitrogen and oxygen atoms in total. The molecular weight excluding hydrogens is 278 g/mol. The van der Waals surface area contributed by atoms with Crippen LogP contribution in [0.1, 0.15) is 11.3 Å². The van der Waals surface area contributed by atoms with Crippen LogP contribution in [0.4, 0.5) is 11.4 Å². The second kappa shape index (κ2) is 5.99. The predicted molar refractivity (Wildman–Crippen MR) is 72.8 cm³/mol. The monoisotopic (exact) mass is 291 g/mol. The number of benzene rings is 1. The van der Waals surface area contributed by atoms with Gasteiger partial charge in [0.25, 0.3) is 5.69 Å². The minimum absolute atomic E-state index is 0.0328. The highest BCUT2D eigenvalue weighted by atomic mass is 16.6. The molecule has 0 amide bonds. The summed E-state index contributed by atoms with van der Waals surface area (Å²) >= 11 is 0. The molecule has 1 heterocycles. The van der Waals surface area contributed by atoms with Gasteiger partial charge in [-0.15, -0.1) is 5.10 Å². The molecule has 0 fully saturated rings. The van der Waals surface area contributed by atoms with Crippen molar-refractivity contribution < 1.29 is 14.8 Å². The summed E-state index contributed by atoms with van der Waals surface area (Å²) in [4.78, 5) is 20.7. The molecule has 1 aromatic carbocycles. The number of nitro benzene ring substituents is 1. The lowest BCUT2D eigenvalue weighted by Gasteiger charge is -2.07. The molecule has 110 valence electrons. The van der Waals surface area contributed by atoms with Crippen LogP contribution >= 0.6 is 0 Å². The molecule has 0 saturated heterocycles. The minimum atomic E-state index is -0.995. The Bertz CT molecular complexity index is 682. The smallest absolute Gasteiger partial charge is 0.325 e. The van der Waals surface area contributed by atoms with Crippen molar-refractivity contribution in [1.82, 2.24) is 15.0 Å². The highest BCUT2D eigenvalue weighted by Gasteiger charge is 2.09. The molecule has 0 atom stereocenters. The van der Waals surface area contributed by atoms with Gasteiger partial charge in [0, 0.05) is 17.8 Å². The third kappa shape index (κ3) is 3.75. The lowest BCUT2D eigenvalue weighted by Crippen LogP contribution is -2.09. The second-order valence-electron chi connectivity index (χ2n) is 4.41. The zero-order valence-electron chi connectivity index (χ0n) is 11.2. The number of anilines is 1. The van der Waals surface area contributed by atoms with E-state index in [1.54, 1.807) is 13.0 Å². The molecule has 21 heavy (non-hydrogen) atoms. The van der Waals surface area contributed by atoms with Crippen LogP contribution in [-0.4, -0.2) is 31.0 Å². The van der Waals surface area contributed by atoms with Crippen LogP contribution in [0.2, 0.25) is 0 Å². The van der Waals surface area contributed by atoms with Crippen molar-refractivity contribution >= 4 is 17.3 Å². The Hall–Kier alpha value is -2.97. The van der Waals surface area contributed by atoms with Gasteiger partial charge in [0.05, 0.1) is 17.7 Å². The van der Waals surface area contributed by atoms with E-state index in [-0.39, 0.29) is 12.2 Å². The number of carbonyl (C=O) groups is 1. The Morgan fingerprint density at radius 1 is 1.52 bits per heavy atom. The van der Waals surface area contributed by atoms with Gasteiger partial charge in [-0.2, -0.15) is 0 Å². The van der Waals surface area contributed by atoms with E-state index in [1.807, 2.05) is 0 Å². The highest BCUT2D eigenvalue weighted by molar-refractivity contribution is 5.66. The first kappa shape index (κ1) is 14.4. The Kier molecular flexibility index (Phi) is 4.12. The van der Waals surface area contributed by atoms with Gasteiger partial charge in [-0.3, -0.25) is 14.9 Å². The summed E-state index contributed by atoms with van der Waals surface area (Å²) in [6.07, 6.45) is 1.53. The molecule has 9 heteroatoms. The molecule has 0 aliphatic carbocycles. The number of nitrogens with zero attached hydrogens (tertiary/aromatic N) is 4. The van der Waals surface area contributed by atoms with Crippen molar-refractivity contribution in [3.8, 4) is 0 Å². The van der Waals surface area contributed by atoms with E-state index in [1.165, 1.54) is 23.0 Å². The summed E-state index contributed by atoms with van der Waals surface area (Å²) in [5, 5.41) is 29.9. The van der Waals surface area contributed by atoms with E-state index in [0.717, 1.165) is 11.3 Å². The maximum absolute atomic E-state index is 10.7. The summed E-state index contributed by atoms with van der Waals surface area (Å²) < 4.78 is 1.22. The molecule has 0 spiro atoms. The number of non-ortho nitro benzene ring substituents is 1. The maximum Gasteiger partial charge on any atom is 0.325 e. The number of hydrogen-bond acceptors (Lipinski definition) is 6. The van der Waals surface area contributed by atoms with Crippen molar-refractivity contribution in [3.05, 3.63) is 45.8 Å². The normalized spacial score (nSPS) is 10.3. The molecule has 2 rings (SSSR count). The zero-order valence-corrected chi connectivity index (χ0v) is 11.2. The average molecular weight is 291 g/mol. The Morgan fingerprint density at radius 3 is 2.90 bits per heavy atom. The van der Waals surface area contributed by atoms with Crippen LogP contribution in [0, 0.1) is 17.0 Å². The van der Waals surface area contributed by atoms with Gasteiger partial charge in [-0.25, -0.2) is 4.68 Å². The first-order valence-electron chi connectivity index (χ1n) is 6.05. The third-order valence-electron chi connectivity index (χ3n) is 2.76. The summed E-state index contributed by atoms with van der Waals surface area (Å²) in [7, 11) is 0. The summed E-state index contributed by atoms with van der Waals surface area (Å²) in [5.74, 6) is -0.995. The highest BCUT2D eigenvalue weighted by Crippen LogP contribution is 2.21. The molecule has 2 aromatic rings. The van der Waals surface area contributed by atoms with E-state index >= 15 is 0 Å². The van der Waals surface area contributed by atoms with Gasteiger partial charge in [0.1, 0.15) is 12.2 Å². The molecule has 0 aliphatic heterocycles. The first-order chi connectivity index (χ1) is 9.95. The van der Waals surface area contributed by atoms with E-state index in [9.17, 15) is 14.9 Å².